The SMILES string of the molecule is CCCc1cccc(CN2CCCCC2CNC(=O)CCN)c1. The van der Waals surface area contributed by atoms with E-state index in [1.165, 1.54) is 30.4 Å². The normalized spacial score (nSPS) is 18.8. The van der Waals surface area contributed by atoms with Crippen LogP contribution in [-0.2, 0) is 17.8 Å². The molecule has 0 aromatic heterocycles. The summed E-state index contributed by atoms with van der Waals surface area (Å²) in [4.78, 5) is 14.2. The van der Waals surface area contributed by atoms with Crippen LogP contribution in [0.1, 0.15) is 50.2 Å². The van der Waals surface area contributed by atoms with Gasteiger partial charge in [-0.15, -0.1) is 0 Å². The monoisotopic (exact) mass is 317 g/mol. The Kier molecular flexibility index (Phi) is 7.56. The predicted molar refractivity (Wildman–Crippen MR) is 95.2 cm³/mol. The van der Waals surface area contributed by atoms with Crippen molar-refractivity contribution in [3.63, 3.8) is 0 Å². The lowest BCUT2D eigenvalue weighted by Crippen LogP contribution is -2.46. The van der Waals surface area contributed by atoms with Crippen molar-refractivity contribution in [2.45, 2.75) is 58.0 Å². The lowest BCUT2D eigenvalue weighted by molar-refractivity contribution is -0.121. The zero-order valence-corrected chi connectivity index (χ0v) is 14.4. The summed E-state index contributed by atoms with van der Waals surface area (Å²) in [6.07, 6.45) is 6.42. The maximum atomic E-state index is 11.7. The number of nitrogens with one attached hydrogen (secondary N) is 1. The highest BCUT2D eigenvalue weighted by atomic mass is 16.1. The number of nitrogens with zero attached hydrogens (tertiary/aromatic N) is 1. The maximum absolute atomic E-state index is 11.7. The van der Waals surface area contributed by atoms with E-state index < -0.39 is 0 Å². The molecule has 1 aromatic carbocycles. The zero-order chi connectivity index (χ0) is 16.5. The molecule has 1 aliphatic heterocycles. The van der Waals surface area contributed by atoms with Crippen LogP contribution >= 0.6 is 0 Å². The molecule has 3 N–H and O–H groups in total. The van der Waals surface area contributed by atoms with Gasteiger partial charge in [-0.25, -0.2) is 0 Å². The van der Waals surface area contributed by atoms with Crippen LogP contribution in [0.4, 0.5) is 0 Å². The number of aryl methyl sites for hydroxylation is 1. The average molecular weight is 317 g/mol. The highest BCUT2D eigenvalue weighted by Gasteiger charge is 2.22. The van der Waals surface area contributed by atoms with Crippen molar-refractivity contribution in [2.24, 2.45) is 5.73 Å². The molecule has 0 spiro atoms. The molecule has 1 unspecified atom stereocenters. The summed E-state index contributed by atoms with van der Waals surface area (Å²) in [6, 6.07) is 9.39. The minimum atomic E-state index is 0.0722. The van der Waals surface area contributed by atoms with E-state index in [4.69, 9.17) is 5.73 Å². The Morgan fingerprint density at radius 1 is 1.35 bits per heavy atom. The Balaban J connectivity index is 1.92. The molecule has 4 heteroatoms. The highest BCUT2D eigenvalue weighted by Crippen LogP contribution is 2.20. The van der Waals surface area contributed by atoms with E-state index in [1.54, 1.807) is 0 Å². The van der Waals surface area contributed by atoms with E-state index in [0.29, 0.717) is 19.0 Å². The fourth-order valence-electron chi connectivity index (χ4n) is 3.36. The van der Waals surface area contributed by atoms with Gasteiger partial charge in [0.25, 0.3) is 0 Å². The summed E-state index contributed by atoms with van der Waals surface area (Å²) in [6.45, 7) is 5.49. The third-order valence-corrected chi connectivity index (χ3v) is 4.57. The Morgan fingerprint density at radius 2 is 2.17 bits per heavy atom. The van der Waals surface area contributed by atoms with Gasteiger partial charge < -0.3 is 11.1 Å². The minimum absolute atomic E-state index is 0.0722. The molecule has 23 heavy (non-hydrogen) atoms. The van der Waals surface area contributed by atoms with Gasteiger partial charge in [0.2, 0.25) is 5.91 Å². The first kappa shape index (κ1) is 18.0. The maximum Gasteiger partial charge on any atom is 0.221 e. The fraction of sp³-hybridized carbons (Fsp3) is 0.632. The molecular formula is C19H31N3O. The molecule has 1 atom stereocenters. The van der Waals surface area contributed by atoms with Gasteiger partial charge in [-0.3, -0.25) is 9.69 Å². The van der Waals surface area contributed by atoms with Gasteiger partial charge in [-0.2, -0.15) is 0 Å². The number of hydrogen-bond acceptors (Lipinski definition) is 3. The second-order valence-corrected chi connectivity index (χ2v) is 6.53. The summed E-state index contributed by atoms with van der Waals surface area (Å²) in [5.41, 5.74) is 8.25. The quantitative estimate of drug-likeness (QED) is 0.774. The molecule has 1 aliphatic rings. The summed E-state index contributed by atoms with van der Waals surface area (Å²) in [7, 11) is 0. The topological polar surface area (TPSA) is 58.4 Å². The van der Waals surface area contributed by atoms with Gasteiger partial charge in [-0.1, -0.05) is 44.0 Å². The van der Waals surface area contributed by atoms with E-state index in [9.17, 15) is 4.79 Å². The van der Waals surface area contributed by atoms with Crippen LogP contribution in [0.25, 0.3) is 0 Å². The molecule has 1 heterocycles. The first-order valence-corrected chi connectivity index (χ1v) is 9.01. The van der Waals surface area contributed by atoms with Crippen molar-refractivity contribution in [3.8, 4) is 0 Å². The average Bonchev–Trinajstić information content (AvgIpc) is 2.55. The van der Waals surface area contributed by atoms with Crippen LogP contribution in [-0.4, -0.2) is 36.5 Å². The van der Waals surface area contributed by atoms with E-state index >= 15 is 0 Å². The molecule has 1 aromatic rings. The van der Waals surface area contributed by atoms with E-state index in [0.717, 1.165) is 32.5 Å². The number of carbonyl (C=O) groups excluding carboxylic acids is 1. The molecule has 1 saturated heterocycles. The van der Waals surface area contributed by atoms with Gasteiger partial charge in [0.1, 0.15) is 0 Å². The predicted octanol–water partition coefficient (Wildman–Crippen LogP) is 2.46. The zero-order valence-electron chi connectivity index (χ0n) is 14.4. The minimum Gasteiger partial charge on any atom is -0.354 e. The molecule has 0 bridgehead atoms. The Hall–Kier alpha value is -1.39. The molecule has 0 radical (unpaired) electrons. The van der Waals surface area contributed by atoms with Gasteiger partial charge in [-0.05, 0) is 36.9 Å². The third kappa shape index (κ3) is 5.96. The standard InChI is InChI=1S/C19H31N3O/c1-2-6-16-7-5-8-17(13-16)15-22-12-4-3-9-18(22)14-21-19(23)10-11-20/h5,7-8,13,18H,2-4,6,9-12,14-15,20H2,1H3,(H,21,23). The van der Waals surface area contributed by atoms with Gasteiger partial charge in [0, 0.05) is 32.1 Å². The number of hydrogen-bond donors (Lipinski definition) is 2. The van der Waals surface area contributed by atoms with Crippen molar-refractivity contribution in [1.82, 2.24) is 10.2 Å². The molecule has 0 saturated carbocycles. The number of benzene rings is 1. The number of rotatable bonds is 8. The van der Waals surface area contributed by atoms with E-state index in [2.05, 4.69) is 41.4 Å². The van der Waals surface area contributed by atoms with Crippen LogP contribution in [0.2, 0.25) is 0 Å². The number of nitrogens with two attached hydrogens (primary N) is 1. The summed E-state index contributed by atoms with van der Waals surface area (Å²) in [5, 5.41) is 3.04. The number of likely N-dealkylation sites (tertiary alicyclic amines) is 1. The summed E-state index contributed by atoms with van der Waals surface area (Å²) in [5.74, 6) is 0.0722. The molecular weight excluding hydrogens is 286 g/mol. The lowest BCUT2D eigenvalue weighted by Gasteiger charge is -2.36. The lowest BCUT2D eigenvalue weighted by atomic mass is 10.00. The van der Waals surface area contributed by atoms with Crippen molar-refractivity contribution in [3.05, 3.63) is 35.4 Å². The number of amides is 1. The van der Waals surface area contributed by atoms with Gasteiger partial charge >= 0.3 is 0 Å². The van der Waals surface area contributed by atoms with Crippen molar-refractivity contribution < 1.29 is 4.79 Å². The second kappa shape index (κ2) is 9.68. The van der Waals surface area contributed by atoms with E-state index in [1.807, 2.05) is 0 Å². The number of carbonyl (C=O) groups is 1. The molecule has 1 amide bonds. The second-order valence-electron chi connectivity index (χ2n) is 6.53. The Morgan fingerprint density at radius 3 is 2.96 bits per heavy atom. The first-order chi connectivity index (χ1) is 11.2. The van der Waals surface area contributed by atoms with Gasteiger partial charge in [0.05, 0.1) is 0 Å². The third-order valence-electron chi connectivity index (χ3n) is 4.57. The largest absolute Gasteiger partial charge is 0.354 e. The van der Waals surface area contributed by atoms with Crippen molar-refractivity contribution in [2.75, 3.05) is 19.6 Å². The molecule has 128 valence electrons. The Labute approximate surface area is 140 Å². The molecule has 0 aliphatic carbocycles. The Bertz CT molecular complexity index is 489. The van der Waals surface area contributed by atoms with Gasteiger partial charge in [0.15, 0.2) is 0 Å². The van der Waals surface area contributed by atoms with E-state index in [-0.39, 0.29) is 5.91 Å². The van der Waals surface area contributed by atoms with Crippen LogP contribution in [0.3, 0.4) is 0 Å². The van der Waals surface area contributed by atoms with Crippen LogP contribution in [0.5, 0.6) is 0 Å². The fourth-order valence-corrected chi connectivity index (χ4v) is 3.36. The van der Waals surface area contributed by atoms with Crippen molar-refractivity contribution >= 4 is 5.91 Å². The van der Waals surface area contributed by atoms with Crippen LogP contribution in [0.15, 0.2) is 24.3 Å². The molecule has 4 nitrogen and oxygen atoms in total. The smallest absolute Gasteiger partial charge is 0.221 e. The van der Waals surface area contributed by atoms with Crippen LogP contribution < -0.4 is 11.1 Å². The van der Waals surface area contributed by atoms with Crippen molar-refractivity contribution in [1.29, 1.82) is 0 Å². The highest BCUT2D eigenvalue weighted by molar-refractivity contribution is 5.76. The first-order valence-electron chi connectivity index (χ1n) is 9.01. The molecule has 2 rings (SSSR count). The van der Waals surface area contributed by atoms with Crippen LogP contribution in [0, 0.1) is 0 Å². The number of piperidine rings is 1. The molecule has 1 fully saturated rings. The summed E-state index contributed by atoms with van der Waals surface area (Å²) >= 11 is 0. The summed E-state index contributed by atoms with van der Waals surface area (Å²) < 4.78 is 0.